The molecule has 28 heavy (non-hydrogen) atoms. The quantitative estimate of drug-likeness (QED) is 0.734. The number of benzene rings is 2. The minimum atomic E-state index is -0.301. The molecule has 1 N–H and O–H groups in total. The van der Waals surface area contributed by atoms with Gasteiger partial charge in [-0.15, -0.1) is 0 Å². The molecule has 2 aromatic carbocycles. The summed E-state index contributed by atoms with van der Waals surface area (Å²) in [7, 11) is 3.16. The number of para-hydroxylation sites is 1. The molecule has 7 heteroatoms. The molecule has 1 amide bonds. The van der Waals surface area contributed by atoms with E-state index in [-0.39, 0.29) is 11.9 Å². The van der Waals surface area contributed by atoms with E-state index >= 15 is 0 Å². The Morgan fingerprint density at radius 3 is 2.82 bits per heavy atom. The minimum Gasteiger partial charge on any atom is -0.497 e. The van der Waals surface area contributed by atoms with Crippen molar-refractivity contribution in [1.82, 2.24) is 9.97 Å². The molecular weight excluding hydrogens is 356 g/mol. The summed E-state index contributed by atoms with van der Waals surface area (Å²) in [6, 6.07) is 12.9. The Morgan fingerprint density at radius 1 is 1.14 bits per heavy atom. The highest BCUT2D eigenvalue weighted by molar-refractivity contribution is 6.00. The van der Waals surface area contributed by atoms with E-state index in [4.69, 9.17) is 9.47 Å². The van der Waals surface area contributed by atoms with Crippen LogP contribution in [0.3, 0.4) is 0 Å². The Balaban J connectivity index is 1.61. The fourth-order valence-electron chi connectivity index (χ4n) is 3.63. The lowest BCUT2D eigenvalue weighted by molar-refractivity contribution is -0.117. The predicted molar refractivity (Wildman–Crippen MR) is 108 cm³/mol. The summed E-state index contributed by atoms with van der Waals surface area (Å²) in [4.78, 5) is 23.9. The maximum atomic E-state index is 13.1. The van der Waals surface area contributed by atoms with Crippen LogP contribution in [-0.2, 0) is 4.79 Å². The maximum absolute atomic E-state index is 13.1. The first-order chi connectivity index (χ1) is 13.7. The van der Waals surface area contributed by atoms with Gasteiger partial charge in [-0.2, -0.15) is 0 Å². The van der Waals surface area contributed by atoms with Crippen LogP contribution in [0.25, 0.3) is 10.9 Å². The van der Waals surface area contributed by atoms with E-state index in [1.165, 1.54) is 0 Å². The van der Waals surface area contributed by atoms with Gasteiger partial charge in [-0.1, -0.05) is 12.1 Å². The van der Waals surface area contributed by atoms with E-state index in [2.05, 4.69) is 20.2 Å². The zero-order chi connectivity index (χ0) is 19.5. The molecule has 1 aliphatic rings. The van der Waals surface area contributed by atoms with Crippen LogP contribution in [0.1, 0.15) is 12.8 Å². The highest BCUT2D eigenvalue weighted by Gasteiger charge is 2.33. The van der Waals surface area contributed by atoms with Crippen LogP contribution < -0.4 is 19.7 Å². The number of nitrogens with zero attached hydrogens (tertiary/aromatic N) is 3. The summed E-state index contributed by atoms with van der Waals surface area (Å²) in [5.41, 5.74) is 1.49. The molecule has 2 heterocycles. The fraction of sp³-hybridized carbons (Fsp3) is 0.286. The average molecular weight is 378 g/mol. The topological polar surface area (TPSA) is 76.6 Å². The second kappa shape index (κ2) is 7.72. The lowest BCUT2D eigenvalue weighted by Crippen LogP contribution is -2.40. The number of carbonyl (C=O) groups excluding carboxylic acids is 1. The van der Waals surface area contributed by atoms with Crippen LogP contribution in [0.4, 0.5) is 11.5 Å². The van der Waals surface area contributed by atoms with Crippen molar-refractivity contribution in [3.63, 3.8) is 0 Å². The molecule has 0 spiro atoms. The van der Waals surface area contributed by atoms with E-state index in [0.29, 0.717) is 17.2 Å². The Labute approximate surface area is 163 Å². The third kappa shape index (κ3) is 3.31. The molecule has 1 fully saturated rings. The van der Waals surface area contributed by atoms with Crippen molar-refractivity contribution < 1.29 is 14.3 Å². The van der Waals surface area contributed by atoms with Crippen molar-refractivity contribution in [2.75, 3.05) is 31.0 Å². The molecular formula is C21H22N4O3. The number of hydrogen-bond donors (Lipinski definition) is 1. The van der Waals surface area contributed by atoms with Crippen molar-refractivity contribution in [1.29, 1.82) is 0 Å². The Bertz CT molecular complexity index is 1000. The van der Waals surface area contributed by atoms with Gasteiger partial charge >= 0.3 is 0 Å². The molecule has 1 aliphatic heterocycles. The van der Waals surface area contributed by atoms with Crippen LogP contribution in [0.2, 0.25) is 0 Å². The number of hydrogen-bond acceptors (Lipinski definition) is 6. The first kappa shape index (κ1) is 18.0. The SMILES string of the molecule is COc1ccc(NC(=O)C2CCCN2c2ncnc3ccccc23)c(OC)c1. The van der Waals surface area contributed by atoms with Gasteiger partial charge in [0.15, 0.2) is 0 Å². The second-order valence-electron chi connectivity index (χ2n) is 6.62. The molecule has 1 aromatic heterocycles. The summed E-state index contributed by atoms with van der Waals surface area (Å²) < 4.78 is 10.6. The molecule has 1 unspecified atom stereocenters. The lowest BCUT2D eigenvalue weighted by Gasteiger charge is -2.26. The van der Waals surface area contributed by atoms with Gasteiger partial charge in [-0.05, 0) is 37.1 Å². The summed E-state index contributed by atoms with van der Waals surface area (Å²) >= 11 is 0. The number of aromatic nitrogens is 2. The van der Waals surface area contributed by atoms with Gasteiger partial charge < -0.3 is 19.7 Å². The van der Waals surface area contributed by atoms with Gasteiger partial charge in [0.1, 0.15) is 29.7 Å². The third-order valence-corrected chi connectivity index (χ3v) is 5.02. The molecule has 3 aromatic rings. The first-order valence-electron chi connectivity index (χ1n) is 9.20. The molecule has 7 nitrogen and oxygen atoms in total. The largest absolute Gasteiger partial charge is 0.497 e. The van der Waals surface area contributed by atoms with Crippen molar-refractivity contribution >= 4 is 28.3 Å². The summed E-state index contributed by atoms with van der Waals surface area (Å²) in [5.74, 6) is 1.95. The highest BCUT2D eigenvalue weighted by atomic mass is 16.5. The van der Waals surface area contributed by atoms with Crippen molar-refractivity contribution in [2.24, 2.45) is 0 Å². The number of carbonyl (C=O) groups is 1. The monoisotopic (exact) mass is 378 g/mol. The van der Waals surface area contributed by atoms with Crippen molar-refractivity contribution in [3.05, 3.63) is 48.8 Å². The number of ether oxygens (including phenoxy) is 2. The van der Waals surface area contributed by atoms with E-state index in [0.717, 1.165) is 36.1 Å². The van der Waals surface area contributed by atoms with E-state index in [9.17, 15) is 4.79 Å². The van der Waals surface area contributed by atoms with Gasteiger partial charge in [0, 0.05) is 18.0 Å². The second-order valence-corrected chi connectivity index (χ2v) is 6.62. The fourth-order valence-corrected chi connectivity index (χ4v) is 3.63. The Hall–Kier alpha value is -3.35. The van der Waals surface area contributed by atoms with Gasteiger partial charge in [0.05, 0.1) is 25.4 Å². The highest BCUT2D eigenvalue weighted by Crippen LogP contribution is 2.32. The number of amides is 1. The molecule has 144 valence electrons. The molecule has 0 bridgehead atoms. The molecule has 4 rings (SSSR count). The lowest BCUT2D eigenvalue weighted by atomic mass is 10.1. The predicted octanol–water partition coefficient (Wildman–Crippen LogP) is 3.25. The number of anilines is 2. The molecule has 0 aliphatic carbocycles. The first-order valence-corrected chi connectivity index (χ1v) is 9.20. The van der Waals surface area contributed by atoms with Crippen molar-refractivity contribution in [3.8, 4) is 11.5 Å². The van der Waals surface area contributed by atoms with E-state index < -0.39 is 0 Å². The van der Waals surface area contributed by atoms with E-state index in [1.54, 1.807) is 38.7 Å². The minimum absolute atomic E-state index is 0.0799. The zero-order valence-electron chi connectivity index (χ0n) is 15.9. The van der Waals surface area contributed by atoms with Gasteiger partial charge in [-0.3, -0.25) is 4.79 Å². The average Bonchev–Trinajstić information content (AvgIpc) is 3.23. The molecule has 0 saturated carbocycles. The standard InChI is InChI=1S/C21H22N4O3/c1-27-14-9-10-17(19(12-14)28-2)24-21(26)18-8-5-11-25(18)20-15-6-3-4-7-16(15)22-13-23-20/h3-4,6-7,9-10,12-13,18H,5,8,11H2,1-2H3,(H,24,26). The van der Waals surface area contributed by atoms with E-state index in [1.807, 2.05) is 24.3 Å². The summed E-state index contributed by atoms with van der Waals surface area (Å²) in [6.07, 6.45) is 3.25. The van der Waals surface area contributed by atoms with Crippen LogP contribution in [0.15, 0.2) is 48.8 Å². The number of nitrogens with one attached hydrogen (secondary N) is 1. The van der Waals surface area contributed by atoms with Gasteiger partial charge in [0.2, 0.25) is 5.91 Å². The molecule has 0 radical (unpaired) electrons. The summed E-state index contributed by atoms with van der Waals surface area (Å²) in [5, 5.41) is 3.95. The normalized spacial score (nSPS) is 16.2. The van der Waals surface area contributed by atoms with Crippen molar-refractivity contribution in [2.45, 2.75) is 18.9 Å². The van der Waals surface area contributed by atoms with Crippen LogP contribution >= 0.6 is 0 Å². The number of rotatable bonds is 5. The zero-order valence-corrected chi connectivity index (χ0v) is 15.9. The smallest absolute Gasteiger partial charge is 0.247 e. The van der Waals surface area contributed by atoms with Gasteiger partial charge in [-0.25, -0.2) is 9.97 Å². The maximum Gasteiger partial charge on any atom is 0.247 e. The number of fused-ring (bicyclic) bond motifs is 1. The van der Waals surface area contributed by atoms with Crippen LogP contribution in [-0.4, -0.2) is 42.7 Å². The van der Waals surface area contributed by atoms with Crippen LogP contribution in [0, 0.1) is 0 Å². The third-order valence-electron chi connectivity index (χ3n) is 5.02. The molecule has 1 saturated heterocycles. The Kier molecular flexibility index (Phi) is 4.97. The Morgan fingerprint density at radius 2 is 2.00 bits per heavy atom. The number of methoxy groups -OCH3 is 2. The molecule has 1 atom stereocenters. The van der Waals surface area contributed by atoms with Gasteiger partial charge in [0.25, 0.3) is 0 Å². The van der Waals surface area contributed by atoms with Crippen LogP contribution in [0.5, 0.6) is 11.5 Å². The summed E-state index contributed by atoms with van der Waals surface area (Å²) in [6.45, 7) is 0.777.